The van der Waals surface area contributed by atoms with Crippen molar-refractivity contribution in [1.29, 1.82) is 0 Å². The van der Waals surface area contributed by atoms with Gasteiger partial charge in [0.2, 0.25) is 0 Å². The quantitative estimate of drug-likeness (QED) is 0.200. The normalized spacial score (nSPS) is 29.0. The third kappa shape index (κ3) is 6.75. The van der Waals surface area contributed by atoms with E-state index < -0.39 is 0 Å². The van der Waals surface area contributed by atoms with Gasteiger partial charge in [-0.2, -0.15) is 0 Å². The second kappa shape index (κ2) is 11.2. The summed E-state index contributed by atoms with van der Waals surface area (Å²) in [6.07, 6.45) is 13.2. The molecular weight excluding hydrogens is 488 g/mol. The molecule has 0 amide bonds. The van der Waals surface area contributed by atoms with Gasteiger partial charge in [0.25, 0.3) is 0 Å². The van der Waals surface area contributed by atoms with Crippen molar-refractivity contribution in [3.05, 3.63) is 36.6 Å². The number of methoxy groups -OCH3 is 1. The van der Waals surface area contributed by atoms with Gasteiger partial charge in [-0.3, -0.25) is 0 Å². The molecule has 6 heteroatoms. The van der Waals surface area contributed by atoms with E-state index in [2.05, 4.69) is 39.9 Å². The van der Waals surface area contributed by atoms with Crippen LogP contribution in [0.3, 0.4) is 0 Å². The van der Waals surface area contributed by atoms with Crippen molar-refractivity contribution in [3.8, 4) is 0 Å². The summed E-state index contributed by atoms with van der Waals surface area (Å²) in [6, 6.07) is 0. The molecule has 0 bridgehead atoms. The van der Waals surface area contributed by atoms with E-state index in [1.807, 2.05) is 22.3 Å². The molecular formula is C17H28INO2SSe. The van der Waals surface area contributed by atoms with Crippen LogP contribution in [0, 0.1) is 5.41 Å². The third-order valence-corrected chi connectivity index (χ3v) is 10.4. The monoisotopic (exact) mass is 517 g/mol. The molecule has 1 aliphatic heterocycles. The van der Waals surface area contributed by atoms with Gasteiger partial charge in [-0.1, -0.05) is 0 Å². The molecule has 0 aromatic heterocycles. The van der Waals surface area contributed by atoms with E-state index in [0.717, 1.165) is 51.0 Å². The molecule has 0 aromatic rings. The Morgan fingerprint density at radius 3 is 2.91 bits per heavy atom. The van der Waals surface area contributed by atoms with Gasteiger partial charge in [-0.05, 0) is 0 Å². The average molecular weight is 516 g/mol. The number of hydrogen-bond donors (Lipinski definition) is 1. The number of allylic oxidation sites excluding steroid dienone is 4. The van der Waals surface area contributed by atoms with Gasteiger partial charge in [0.1, 0.15) is 0 Å². The summed E-state index contributed by atoms with van der Waals surface area (Å²) >= 11 is 2.48. The van der Waals surface area contributed by atoms with Crippen molar-refractivity contribution in [2.24, 2.45) is 11.1 Å². The zero-order valence-corrected chi connectivity index (χ0v) is 18.7. The minimum atomic E-state index is -0.0243. The molecule has 3 nitrogen and oxygen atoms in total. The van der Waals surface area contributed by atoms with Crippen molar-refractivity contribution >= 4 is 41.1 Å². The number of nitrogens with two attached hydrogens (primary N) is 1. The Hall–Kier alpha value is 0.539. The third-order valence-electron chi connectivity index (χ3n) is 4.39. The maximum atomic E-state index is 6.20. The molecule has 1 saturated heterocycles. The zero-order chi connectivity index (χ0) is 17.2. The second-order valence-electron chi connectivity index (χ2n) is 5.84. The van der Waals surface area contributed by atoms with Crippen LogP contribution in [0.2, 0.25) is 0 Å². The first kappa shape index (κ1) is 21.6. The van der Waals surface area contributed by atoms with Crippen LogP contribution >= 0.6 is 30.5 Å². The molecule has 132 valence electrons. The van der Waals surface area contributed by atoms with Gasteiger partial charge in [0.15, 0.2) is 0 Å². The van der Waals surface area contributed by atoms with Crippen LogP contribution in [0.1, 0.15) is 39.0 Å². The standard InChI is InChI=1S/C17H28INO2SSe/c1-4-7-15(20-3)8-6-9-16(10-12-19)11-13-21-17(5-2,14-16)22-23-18/h4,6-8H,1,5,9-14,19H2,2-3H3/b8-6-,15-7+. The van der Waals surface area contributed by atoms with E-state index in [0.29, 0.717) is 10.6 Å². The molecule has 2 unspecified atom stereocenters. The topological polar surface area (TPSA) is 44.5 Å². The maximum absolute atomic E-state index is 6.20. The van der Waals surface area contributed by atoms with Gasteiger partial charge >= 0.3 is 163 Å². The second-order valence-corrected chi connectivity index (χ2v) is 14.3. The SMILES string of the molecule is C=C/C=C(\C=C/CC1(CCN)CCOC(CC)(S[Se]I)C1)OC. The number of rotatable bonds is 10. The van der Waals surface area contributed by atoms with Gasteiger partial charge in [-0.25, -0.2) is 0 Å². The fourth-order valence-corrected chi connectivity index (χ4v) is 11.1. The Morgan fingerprint density at radius 2 is 2.35 bits per heavy atom. The summed E-state index contributed by atoms with van der Waals surface area (Å²) in [7, 11) is 4.20. The predicted octanol–water partition coefficient (Wildman–Crippen LogP) is 4.60. The van der Waals surface area contributed by atoms with Crippen LogP contribution in [0.25, 0.3) is 0 Å². The first-order valence-electron chi connectivity index (χ1n) is 7.93. The molecule has 0 saturated carbocycles. The molecule has 2 atom stereocenters. The minimum absolute atomic E-state index is 0.0243. The fourth-order valence-electron chi connectivity index (χ4n) is 3.09. The van der Waals surface area contributed by atoms with Crippen molar-refractivity contribution in [2.45, 2.75) is 44.0 Å². The zero-order valence-electron chi connectivity index (χ0n) is 14.1. The first-order valence-corrected chi connectivity index (χ1v) is 16.0. The van der Waals surface area contributed by atoms with E-state index in [9.17, 15) is 0 Å². The molecule has 1 heterocycles. The van der Waals surface area contributed by atoms with E-state index >= 15 is 0 Å². The van der Waals surface area contributed by atoms with Crippen molar-refractivity contribution in [1.82, 2.24) is 0 Å². The molecule has 1 aliphatic rings. The predicted molar refractivity (Wildman–Crippen MR) is 111 cm³/mol. The van der Waals surface area contributed by atoms with Gasteiger partial charge in [0, 0.05) is 0 Å². The van der Waals surface area contributed by atoms with E-state index in [1.54, 1.807) is 13.2 Å². The Bertz CT molecular complexity index is 425. The number of halogens is 1. The number of hydrogen-bond acceptors (Lipinski definition) is 4. The van der Waals surface area contributed by atoms with Crippen LogP contribution in [0.15, 0.2) is 36.6 Å². The number of ether oxygens (including phenoxy) is 2. The Balaban J connectivity index is 2.87. The molecule has 0 radical (unpaired) electrons. The van der Waals surface area contributed by atoms with Gasteiger partial charge < -0.3 is 0 Å². The van der Waals surface area contributed by atoms with Gasteiger partial charge in [0.05, 0.1) is 0 Å². The van der Waals surface area contributed by atoms with Crippen molar-refractivity contribution in [3.63, 3.8) is 0 Å². The molecule has 1 rings (SSSR count). The summed E-state index contributed by atoms with van der Waals surface area (Å²) in [5.41, 5.74) is 6.17. The van der Waals surface area contributed by atoms with E-state index in [4.69, 9.17) is 15.2 Å². The summed E-state index contributed by atoms with van der Waals surface area (Å²) in [5, 5.41) is 0. The summed E-state index contributed by atoms with van der Waals surface area (Å²) in [6.45, 7) is 7.51. The van der Waals surface area contributed by atoms with Crippen LogP contribution in [-0.4, -0.2) is 35.8 Å². The van der Waals surface area contributed by atoms with Crippen molar-refractivity contribution in [2.75, 3.05) is 20.3 Å². The molecule has 0 spiro atoms. The molecule has 2 N–H and O–H groups in total. The Labute approximate surface area is 161 Å². The average Bonchev–Trinajstić information content (AvgIpc) is 2.55. The summed E-state index contributed by atoms with van der Waals surface area (Å²) < 4.78 is 11.5. The fraction of sp³-hybridized carbons (Fsp3) is 0.647. The van der Waals surface area contributed by atoms with Crippen molar-refractivity contribution < 1.29 is 9.47 Å². The molecule has 0 aliphatic carbocycles. The first-order chi connectivity index (χ1) is 11.1. The summed E-state index contributed by atoms with van der Waals surface area (Å²) in [5.74, 6) is 0.835. The van der Waals surface area contributed by atoms with Crippen LogP contribution in [-0.2, 0) is 9.47 Å². The van der Waals surface area contributed by atoms with E-state index in [1.165, 1.54) is 0 Å². The Kier molecular flexibility index (Phi) is 10.5. The summed E-state index contributed by atoms with van der Waals surface area (Å²) in [4.78, 5) is -0.0243. The van der Waals surface area contributed by atoms with E-state index in [-0.39, 0.29) is 10.3 Å². The molecule has 1 fully saturated rings. The van der Waals surface area contributed by atoms with Crippen LogP contribution < -0.4 is 5.73 Å². The van der Waals surface area contributed by atoms with Crippen LogP contribution in [0.4, 0.5) is 0 Å². The Morgan fingerprint density at radius 1 is 1.57 bits per heavy atom. The van der Waals surface area contributed by atoms with Gasteiger partial charge in [-0.15, -0.1) is 0 Å². The molecule has 0 aromatic carbocycles. The molecule has 23 heavy (non-hydrogen) atoms. The van der Waals surface area contributed by atoms with Crippen LogP contribution in [0.5, 0.6) is 0 Å².